The number of esters is 2. The number of phenols is 4. The first-order chi connectivity index (χ1) is 26.4. The Hall–Kier alpha value is -6.81. The van der Waals surface area contributed by atoms with Gasteiger partial charge in [0.2, 0.25) is 6.29 Å². The molecule has 6 N–H and O–H groups in total. The summed E-state index contributed by atoms with van der Waals surface area (Å²) in [5.41, 5.74) is 0.724. The van der Waals surface area contributed by atoms with Gasteiger partial charge in [-0.2, -0.15) is 0 Å². The van der Waals surface area contributed by atoms with E-state index < -0.39 is 60.4 Å². The molecule has 1 aliphatic rings. The zero-order valence-corrected chi connectivity index (χ0v) is 28.8. The van der Waals surface area contributed by atoms with E-state index in [1.54, 1.807) is 12.1 Å². The summed E-state index contributed by atoms with van der Waals surface area (Å²) < 4.78 is 33.5. The number of aromatic hydroxyl groups is 4. The van der Waals surface area contributed by atoms with Crippen LogP contribution in [0.4, 0.5) is 0 Å². The number of aliphatic hydroxyl groups is 2. The zero-order chi connectivity index (χ0) is 39.2. The molecule has 0 spiro atoms. The number of hydrogen-bond acceptors (Lipinski definition) is 15. The summed E-state index contributed by atoms with van der Waals surface area (Å²) in [5.74, 6) is -2.46. The van der Waals surface area contributed by atoms with Gasteiger partial charge < -0.3 is 58.7 Å². The molecule has 1 saturated heterocycles. The number of fused-ring (bicyclic) bond motifs is 1. The number of ether oxygens (including phenoxy) is 5. The maximum Gasteiger partial charge on any atom is 0.331 e. The van der Waals surface area contributed by atoms with Crippen molar-refractivity contribution in [2.24, 2.45) is 0 Å². The van der Waals surface area contributed by atoms with E-state index in [9.17, 15) is 45.0 Å². The van der Waals surface area contributed by atoms with Crippen molar-refractivity contribution in [3.8, 4) is 45.8 Å². The lowest BCUT2D eigenvalue weighted by Gasteiger charge is -2.41. The summed E-state index contributed by atoms with van der Waals surface area (Å²) in [7, 11) is 1.35. The molecule has 1 fully saturated rings. The summed E-state index contributed by atoms with van der Waals surface area (Å²) in [6, 6.07) is 19.6. The minimum Gasteiger partial charge on any atom is -0.508 e. The predicted molar refractivity (Wildman–Crippen MR) is 194 cm³/mol. The minimum absolute atomic E-state index is 0.0159. The van der Waals surface area contributed by atoms with Gasteiger partial charge in [-0.15, -0.1) is 0 Å². The maximum absolute atomic E-state index is 13.1. The number of phenolic OH excluding ortho intramolecular Hbond substituents is 4. The zero-order valence-electron chi connectivity index (χ0n) is 28.8. The Kier molecular flexibility index (Phi) is 11.4. The van der Waals surface area contributed by atoms with Gasteiger partial charge in [-0.1, -0.05) is 24.3 Å². The third-order valence-corrected chi connectivity index (χ3v) is 8.39. The summed E-state index contributed by atoms with van der Waals surface area (Å²) in [6.07, 6.45) is -3.51. The summed E-state index contributed by atoms with van der Waals surface area (Å²) in [4.78, 5) is 38.5. The van der Waals surface area contributed by atoms with Crippen molar-refractivity contribution in [3.05, 3.63) is 118 Å². The number of benzene rings is 4. The summed E-state index contributed by atoms with van der Waals surface area (Å²) >= 11 is 0. The second-order valence-corrected chi connectivity index (χ2v) is 12.2. The Morgan fingerprint density at radius 1 is 0.764 bits per heavy atom. The lowest BCUT2D eigenvalue weighted by atomic mass is 9.99. The molecule has 4 aromatic carbocycles. The number of carbonyl (C=O) groups is 2. The number of methoxy groups -OCH3 is 1. The van der Waals surface area contributed by atoms with Crippen LogP contribution in [0.15, 0.2) is 106 Å². The molecular formula is C40H34O15. The van der Waals surface area contributed by atoms with Gasteiger partial charge in [0.15, 0.2) is 29.1 Å². The number of hydrogen-bond donors (Lipinski definition) is 6. The molecule has 0 radical (unpaired) electrons. The molecule has 1 aliphatic heterocycles. The smallest absolute Gasteiger partial charge is 0.331 e. The van der Waals surface area contributed by atoms with Crippen molar-refractivity contribution in [2.45, 2.75) is 30.7 Å². The van der Waals surface area contributed by atoms with Crippen LogP contribution >= 0.6 is 0 Å². The molecule has 5 aromatic rings. The lowest BCUT2D eigenvalue weighted by Crippen LogP contribution is -2.61. The Morgan fingerprint density at radius 3 is 2.04 bits per heavy atom. The van der Waals surface area contributed by atoms with E-state index in [-0.39, 0.29) is 45.5 Å². The molecule has 0 bridgehead atoms. The number of carbonyl (C=O) groups excluding carboxylic acids is 2. The molecule has 6 rings (SSSR count). The molecule has 2 heterocycles. The van der Waals surface area contributed by atoms with Gasteiger partial charge in [-0.25, -0.2) is 9.59 Å². The van der Waals surface area contributed by atoms with E-state index in [1.165, 1.54) is 79.9 Å². The summed E-state index contributed by atoms with van der Waals surface area (Å²) in [5, 5.41) is 62.1. The molecule has 1 aromatic heterocycles. The second kappa shape index (κ2) is 16.5. The molecule has 0 saturated carbocycles. The topological polar surface area (TPSA) is 232 Å². The fourth-order valence-corrected chi connectivity index (χ4v) is 5.58. The Labute approximate surface area is 311 Å². The molecule has 0 unspecified atom stereocenters. The normalized spacial score (nSPS) is 19.7. The largest absolute Gasteiger partial charge is 0.508 e. The van der Waals surface area contributed by atoms with Crippen molar-refractivity contribution in [1.82, 2.24) is 0 Å². The van der Waals surface area contributed by atoms with Crippen LogP contribution in [-0.4, -0.2) is 87.0 Å². The van der Waals surface area contributed by atoms with Crippen molar-refractivity contribution in [2.75, 3.05) is 13.7 Å². The molecule has 5 atom stereocenters. The first-order valence-electron chi connectivity index (χ1n) is 16.6. The highest BCUT2D eigenvalue weighted by Gasteiger charge is 2.48. The van der Waals surface area contributed by atoms with Crippen molar-refractivity contribution in [3.63, 3.8) is 0 Å². The maximum atomic E-state index is 13.1. The third kappa shape index (κ3) is 9.05. The highest BCUT2D eigenvalue weighted by atomic mass is 16.7. The first kappa shape index (κ1) is 37.9. The van der Waals surface area contributed by atoms with Gasteiger partial charge in [-0.3, -0.25) is 4.79 Å². The van der Waals surface area contributed by atoms with E-state index in [2.05, 4.69) is 0 Å². The van der Waals surface area contributed by atoms with Crippen LogP contribution in [-0.2, 0) is 23.8 Å². The SMILES string of the molecule is COc1cc(-c2cc(=O)c3c(O)cc(O[C@H]4O[C@@H](COC(=O)C=Cc5ccc(O)cc5)[C@H](O)[C@@H](OC(=O)C=Cc5ccc(O)cc5)[C@@H]4O)cc3o2)ccc1O. The van der Waals surface area contributed by atoms with Crippen LogP contribution in [0, 0.1) is 0 Å². The first-order valence-corrected chi connectivity index (χ1v) is 16.6. The van der Waals surface area contributed by atoms with Crippen LogP contribution in [0.1, 0.15) is 11.1 Å². The van der Waals surface area contributed by atoms with Gasteiger partial charge in [0.1, 0.15) is 58.5 Å². The average Bonchev–Trinajstić information content (AvgIpc) is 3.16. The molecule has 55 heavy (non-hydrogen) atoms. The van der Waals surface area contributed by atoms with Gasteiger partial charge in [0.05, 0.1) is 7.11 Å². The number of aliphatic hydroxyl groups excluding tert-OH is 2. The van der Waals surface area contributed by atoms with Crippen LogP contribution in [0.25, 0.3) is 34.4 Å². The molecule has 284 valence electrons. The van der Waals surface area contributed by atoms with Crippen LogP contribution in [0.3, 0.4) is 0 Å². The summed E-state index contributed by atoms with van der Waals surface area (Å²) in [6.45, 7) is -0.596. The van der Waals surface area contributed by atoms with Crippen LogP contribution < -0.4 is 14.9 Å². The fraction of sp³-hybridized carbons (Fsp3) is 0.175. The van der Waals surface area contributed by atoms with Crippen molar-refractivity contribution in [1.29, 1.82) is 0 Å². The molecule has 0 aliphatic carbocycles. The predicted octanol–water partition coefficient (Wildman–Crippen LogP) is 4.00. The second-order valence-electron chi connectivity index (χ2n) is 12.2. The highest BCUT2D eigenvalue weighted by molar-refractivity contribution is 5.88. The van der Waals surface area contributed by atoms with E-state index in [0.717, 1.165) is 24.3 Å². The molecule has 15 nitrogen and oxygen atoms in total. The Morgan fingerprint density at radius 2 is 1.40 bits per heavy atom. The van der Waals surface area contributed by atoms with E-state index >= 15 is 0 Å². The average molecular weight is 755 g/mol. The quantitative estimate of drug-likeness (QED) is 0.0827. The van der Waals surface area contributed by atoms with Crippen LogP contribution in [0.2, 0.25) is 0 Å². The van der Waals surface area contributed by atoms with Crippen molar-refractivity contribution >= 4 is 35.1 Å². The van der Waals surface area contributed by atoms with Gasteiger partial charge in [0.25, 0.3) is 0 Å². The van der Waals surface area contributed by atoms with Gasteiger partial charge in [0, 0.05) is 35.9 Å². The molecular weight excluding hydrogens is 720 g/mol. The fourth-order valence-electron chi connectivity index (χ4n) is 5.58. The van der Waals surface area contributed by atoms with Gasteiger partial charge >= 0.3 is 11.9 Å². The number of rotatable bonds is 11. The molecule has 15 heteroatoms. The highest BCUT2D eigenvalue weighted by Crippen LogP contribution is 2.36. The standard InChI is InChI=1S/C40H34O15/c1-50-31-16-23(8-13-27(31)43)30-19-29(45)36-28(44)17-26(18-32(36)53-30)52-40-38(49)39(55-35(47)15-7-22-4-11-25(42)12-5-22)37(48)33(54-40)20-51-34(46)14-6-21-2-9-24(41)10-3-21/h2-19,33,37-44,48-49H,20H2,1H3/t33-,37-,38-,39+,40-/m0/s1. The minimum atomic E-state index is -1.86. The third-order valence-electron chi connectivity index (χ3n) is 8.39. The lowest BCUT2D eigenvalue weighted by molar-refractivity contribution is -0.281. The Balaban J connectivity index is 1.25. The molecule has 0 amide bonds. The van der Waals surface area contributed by atoms with Crippen LogP contribution in [0.5, 0.6) is 34.5 Å². The van der Waals surface area contributed by atoms with E-state index in [1.807, 2.05) is 0 Å². The Bertz CT molecular complexity index is 2290. The van der Waals surface area contributed by atoms with E-state index in [0.29, 0.717) is 16.7 Å². The van der Waals surface area contributed by atoms with E-state index in [4.69, 9.17) is 28.1 Å². The van der Waals surface area contributed by atoms with Crippen molar-refractivity contribution < 1.29 is 68.3 Å². The monoisotopic (exact) mass is 754 g/mol. The van der Waals surface area contributed by atoms with Gasteiger partial charge in [-0.05, 0) is 65.7 Å².